The summed E-state index contributed by atoms with van der Waals surface area (Å²) in [4.78, 5) is 4.03. The Morgan fingerprint density at radius 1 is 1.40 bits per heavy atom. The van der Waals surface area contributed by atoms with Crippen LogP contribution in [0.25, 0.3) is 0 Å². The first-order valence-corrected chi connectivity index (χ1v) is 4.18. The molecule has 0 spiro atoms. The molecule has 0 aromatic carbocycles. The van der Waals surface area contributed by atoms with E-state index in [4.69, 9.17) is 11.2 Å². The second-order valence-corrected chi connectivity index (χ2v) is 2.92. The van der Waals surface area contributed by atoms with Gasteiger partial charge in [0.2, 0.25) is 0 Å². The topological polar surface area (TPSA) is 34.1 Å². The van der Waals surface area contributed by atoms with Gasteiger partial charge in [0.15, 0.2) is 0 Å². The molecule has 82 valence electrons. The van der Waals surface area contributed by atoms with Crippen molar-refractivity contribution >= 4 is 24.8 Å². The van der Waals surface area contributed by atoms with Crippen molar-refractivity contribution < 1.29 is 4.74 Å². The van der Waals surface area contributed by atoms with Gasteiger partial charge in [-0.2, -0.15) is 0 Å². The van der Waals surface area contributed by atoms with E-state index >= 15 is 0 Å². The van der Waals surface area contributed by atoms with Gasteiger partial charge in [0.05, 0.1) is 6.20 Å². The van der Waals surface area contributed by atoms with Crippen molar-refractivity contribution in [1.29, 1.82) is 0 Å². The molecule has 1 aliphatic rings. The van der Waals surface area contributed by atoms with Gasteiger partial charge in [-0.25, -0.2) is 4.98 Å². The number of rotatable bonds is 2. The zero-order chi connectivity index (χ0) is 9.10. The molecule has 0 bridgehead atoms. The van der Waals surface area contributed by atoms with Crippen LogP contribution in [0.3, 0.4) is 0 Å². The van der Waals surface area contributed by atoms with E-state index < -0.39 is 0 Å². The van der Waals surface area contributed by atoms with E-state index in [0.717, 1.165) is 18.8 Å². The lowest BCUT2D eigenvalue weighted by molar-refractivity contribution is 0.141. The Bertz CT molecular complexity index is 330. The first-order chi connectivity index (χ1) is 6.38. The molecule has 0 saturated carbocycles. The van der Waals surface area contributed by atoms with Crippen LogP contribution < -0.4 is 10.1 Å². The standard InChI is InChI=1S/C10H10N2O.2ClH/c1-2-8-3-4-9(7-12-8)13-10-5-11-6-10;;/h1,3-4,7,10-11H,5-6H2;2*1H. The van der Waals surface area contributed by atoms with Crippen LogP contribution in [0.5, 0.6) is 5.75 Å². The van der Waals surface area contributed by atoms with Gasteiger partial charge in [0, 0.05) is 13.1 Å². The van der Waals surface area contributed by atoms with E-state index in [1.54, 1.807) is 12.3 Å². The number of aromatic nitrogens is 1. The molecule has 1 N–H and O–H groups in total. The van der Waals surface area contributed by atoms with E-state index in [1.165, 1.54) is 0 Å². The second-order valence-electron chi connectivity index (χ2n) is 2.92. The molecule has 2 rings (SSSR count). The number of pyridine rings is 1. The predicted octanol–water partition coefficient (Wildman–Crippen LogP) is 1.26. The molecule has 0 radical (unpaired) electrons. The fourth-order valence-corrected chi connectivity index (χ4v) is 1.07. The molecule has 1 saturated heterocycles. The van der Waals surface area contributed by atoms with Crippen LogP contribution in [0.15, 0.2) is 18.3 Å². The van der Waals surface area contributed by atoms with Gasteiger partial charge in [0.25, 0.3) is 0 Å². The minimum absolute atomic E-state index is 0. The van der Waals surface area contributed by atoms with Gasteiger partial charge < -0.3 is 10.1 Å². The highest BCUT2D eigenvalue weighted by molar-refractivity contribution is 5.85. The van der Waals surface area contributed by atoms with Crippen LogP contribution in [0.2, 0.25) is 0 Å². The Labute approximate surface area is 101 Å². The third kappa shape index (κ3) is 3.60. The number of ether oxygens (including phenoxy) is 1. The molecule has 3 nitrogen and oxygen atoms in total. The van der Waals surface area contributed by atoms with Crippen LogP contribution >= 0.6 is 24.8 Å². The molecule has 1 aromatic heterocycles. The molecule has 15 heavy (non-hydrogen) atoms. The van der Waals surface area contributed by atoms with Crippen molar-refractivity contribution in [2.24, 2.45) is 0 Å². The monoisotopic (exact) mass is 246 g/mol. The van der Waals surface area contributed by atoms with E-state index in [2.05, 4.69) is 16.2 Å². The molecule has 1 aliphatic heterocycles. The average molecular weight is 247 g/mol. The maximum absolute atomic E-state index is 5.56. The summed E-state index contributed by atoms with van der Waals surface area (Å²) in [6, 6.07) is 3.63. The minimum Gasteiger partial charge on any atom is -0.486 e. The predicted molar refractivity (Wildman–Crippen MR) is 64.0 cm³/mol. The van der Waals surface area contributed by atoms with Crippen molar-refractivity contribution in [3.8, 4) is 18.1 Å². The van der Waals surface area contributed by atoms with Crippen molar-refractivity contribution in [3.63, 3.8) is 0 Å². The van der Waals surface area contributed by atoms with E-state index in [1.807, 2.05) is 6.07 Å². The van der Waals surface area contributed by atoms with Crippen LogP contribution in [-0.2, 0) is 0 Å². The zero-order valence-corrected chi connectivity index (χ0v) is 9.61. The molecule has 1 fully saturated rings. The van der Waals surface area contributed by atoms with Crippen LogP contribution in [0.1, 0.15) is 5.69 Å². The van der Waals surface area contributed by atoms with Crippen molar-refractivity contribution in [3.05, 3.63) is 24.0 Å². The summed E-state index contributed by atoms with van der Waals surface area (Å²) in [6.07, 6.45) is 7.13. The highest BCUT2D eigenvalue weighted by Gasteiger charge is 2.17. The van der Waals surface area contributed by atoms with Crippen LogP contribution in [0, 0.1) is 12.3 Å². The first kappa shape index (κ1) is 14.1. The third-order valence-corrected chi connectivity index (χ3v) is 1.93. The summed E-state index contributed by atoms with van der Waals surface area (Å²) in [5.41, 5.74) is 0.638. The lowest BCUT2D eigenvalue weighted by Crippen LogP contribution is -2.50. The van der Waals surface area contributed by atoms with Crippen LogP contribution in [0.4, 0.5) is 0 Å². The largest absolute Gasteiger partial charge is 0.486 e. The highest BCUT2D eigenvalue weighted by atomic mass is 35.5. The summed E-state index contributed by atoms with van der Waals surface area (Å²) in [5.74, 6) is 3.24. The molecule has 0 unspecified atom stereocenters. The fourth-order valence-electron chi connectivity index (χ4n) is 1.07. The van der Waals surface area contributed by atoms with E-state index in [-0.39, 0.29) is 24.8 Å². The number of hydrogen-bond donors (Lipinski definition) is 1. The Morgan fingerprint density at radius 2 is 2.13 bits per heavy atom. The zero-order valence-electron chi connectivity index (χ0n) is 7.97. The highest BCUT2D eigenvalue weighted by Crippen LogP contribution is 2.12. The van der Waals surface area contributed by atoms with Gasteiger partial charge in [-0.3, -0.25) is 0 Å². The fraction of sp³-hybridized carbons (Fsp3) is 0.300. The molecule has 0 aliphatic carbocycles. The summed E-state index contributed by atoms with van der Waals surface area (Å²) in [5, 5.41) is 3.13. The Balaban J connectivity index is 0.000000980. The van der Waals surface area contributed by atoms with E-state index in [9.17, 15) is 0 Å². The number of nitrogens with zero attached hydrogens (tertiary/aromatic N) is 1. The quantitative estimate of drug-likeness (QED) is 0.799. The Hall–Kier alpha value is -0.950. The molecule has 0 atom stereocenters. The van der Waals surface area contributed by atoms with E-state index in [0.29, 0.717) is 11.8 Å². The molecular formula is C10H12Cl2N2O. The van der Waals surface area contributed by atoms with Crippen LogP contribution in [-0.4, -0.2) is 24.2 Å². The van der Waals surface area contributed by atoms with Gasteiger partial charge >= 0.3 is 0 Å². The smallest absolute Gasteiger partial charge is 0.138 e. The normalized spacial score (nSPS) is 13.8. The lowest BCUT2D eigenvalue weighted by Gasteiger charge is -2.27. The molecule has 0 amide bonds. The SMILES string of the molecule is C#Cc1ccc(OC2CNC2)cn1.Cl.Cl. The minimum atomic E-state index is 0. The molecular weight excluding hydrogens is 235 g/mol. The summed E-state index contributed by atoms with van der Waals surface area (Å²) in [7, 11) is 0. The second kappa shape index (κ2) is 6.52. The molecule has 1 aromatic rings. The number of halogens is 2. The van der Waals surface area contributed by atoms with Crippen molar-refractivity contribution in [1.82, 2.24) is 10.3 Å². The summed E-state index contributed by atoms with van der Waals surface area (Å²) in [6.45, 7) is 1.83. The Morgan fingerprint density at radius 3 is 2.53 bits per heavy atom. The average Bonchev–Trinajstić information content (AvgIpc) is 2.12. The summed E-state index contributed by atoms with van der Waals surface area (Å²) < 4.78 is 5.56. The number of nitrogens with one attached hydrogen (secondary N) is 1. The maximum atomic E-state index is 5.56. The molecule has 2 heterocycles. The van der Waals surface area contributed by atoms with Crippen molar-refractivity contribution in [2.45, 2.75) is 6.10 Å². The third-order valence-electron chi connectivity index (χ3n) is 1.93. The van der Waals surface area contributed by atoms with Crippen molar-refractivity contribution in [2.75, 3.05) is 13.1 Å². The Kier molecular flexibility index (Phi) is 6.11. The maximum Gasteiger partial charge on any atom is 0.138 e. The molecule has 5 heteroatoms. The lowest BCUT2D eigenvalue weighted by atomic mass is 10.2. The first-order valence-electron chi connectivity index (χ1n) is 4.18. The van der Waals surface area contributed by atoms with Gasteiger partial charge in [-0.1, -0.05) is 5.92 Å². The number of terminal acetylenes is 1. The van der Waals surface area contributed by atoms with Gasteiger partial charge in [-0.05, 0) is 12.1 Å². The summed E-state index contributed by atoms with van der Waals surface area (Å²) >= 11 is 0. The van der Waals surface area contributed by atoms with Gasteiger partial charge in [0.1, 0.15) is 17.5 Å². The van der Waals surface area contributed by atoms with Gasteiger partial charge in [-0.15, -0.1) is 31.2 Å². The number of hydrogen-bond acceptors (Lipinski definition) is 3.